The summed E-state index contributed by atoms with van der Waals surface area (Å²) in [4.78, 5) is 12.3. The molecule has 24 heavy (non-hydrogen) atoms. The summed E-state index contributed by atoms with van der Waals surface area (Å²) in [6.45, 7) is 4.39. The van der Waals surface area contributed by atoms with Gasteiger partial charge >= 0.3 is 0 Å². The van der Waals surface area contributed by atoms with E-state index in [9.17, 15) is 4.79 Å². The maximum absolute atomic E-state index is 12.3. The number of ether oxygens (including phenoxy) is 2. The molecule has 0 saturated heterocycles. The Hall–Kier alpha value is -2.24. The van der Waals surface area contributed by atoms with Gasteiger partial charge in [0.15, 0.2) is 11.5 Å². The molecule has 0 aliphatic rings. The highest BCUT2D eigenvalue weighted by atomic mass is 35.5. The number of methoxy groups -OCH3 is 1. The molecule has 2 aromatic carbocycles. The minimum absolute atomic E-state index is 0. The lowest BCUT2D eigenvalue weighted by atomic mass is 10.1. The van der Waals surface area contributed by atoms with Crippen LogP contribution in [-0.4, -0.2) is 19.6 Å². The molecule has 0 aliphatic heterocycles. The van der Waals surface area contributed by atoms with E-state index >= 15 is 0 Å². The normalized spacial score (nSPS) is 11.2. The molecule has 1 unspecified atom stereocenters. The van der Waals surface area contributed by atoms with Crippen LogP contribution in [0.4, 0.5) is 5.69 Å². The largest absolute Gasteiger partial charge is 0.493 e. The third kappa shape index (κ3) is 4.88. The third-order valence-electron chi connectivity index (χ3n) is 3.45. The van der Waals surface area contributed by atoms with Crippen LogP contribution in [-0.2, 0) is 4.79 Å². The van der Waals surface area contributed by atoms with Crippen molar-refractivity contribution >= 4 is 24.0 Å². The Labute approximate surface area is 148 Å². The Kier molecular flexibility index (Phi) is 7.55. The van der Waals surface area contributed by atoms with Gasteiger partial charge < -0.3 is 20.5 Å². The summed E-state index contributed by atoms with van der Waals surface area (Å²) < 4.78 is 10.7. The molecule has 0 aromatic heterocycles. The quantitative estimate of drug-likeness (QED) is 0.836. The number of rotatable bonds is 6. The Morgan fingerprint density at radius 1 is 1.17 bits per heavy atom. The molecular weight excluding hydrogens is 328 g/mol. The average Bonchev–Trinajstić information content (AvgIpc) is 2.55. The van der Waals surface area contributed by atoms with Gasteiger partial charge in [-0.05, 0) is 31.5 Å². The minimum Gasteiger partial charge on any atom is -0.493 e. The fraction of sp³-hybridized carbons (Fsp3) is 0.278. The van der Waals surface area contributed by atoms with Crippen LogP contribution in [0.25, 0.3) is 0 Å². The standard InChI is InChI=1S/C18H22N2O3.ClH/c1-4-23-16-11-14(9-10-15(16)22-3)20-18(21)17(19)13-7-5-12(2)6-8-13;/h5-11,17H,4,19H2,1-3H3,(H,20,21);1H. The van der Waals surface area contributed by atoms with Gasteiger partial charge in [0.25, 0.3) is 0 Å². The van der Waals surface area contributed by atoms with Crippen LogP contribution in [0.5, 0.6) is 11.5 Å². The van der Waals surface area contributed by atoms with E-state index in [1.165, 1.54) is 0 Å². The topological polar surface area (TPSA) is 73.6 Å². The average molecular weight is 351 g/mol. The first kappa shape index (κ1) is 19.8. The van der Waals surface area contributed by atoms with Crippen LogP contribution >= 0.6 is 12.4 Å². The first-order chi connectivity index (χ1) is 11.0. The summed E-state index contributed by atoms with van der Waals surface area (Å²) in [6, 6.07) is 12.1. The van der Waals surface area contributed by atoms with Crippen LogP contribution < -0.4 is 20.5 Å². The molecule has 2 aromatic rings. The highest BCUT2D eigenvalue weighted by molar-refractivity contribution is 5.95. The molecule has 1 amide bonds. The molecule has 0 aliphatic carbocycles. The maximum Gasteiger partial charge on any atom is 0.245 e. The summed E-state index contributed by atoms with van der Waals surface area (Å²) in [5.41, 5.74) is 8.53. The van der Waals surface area contributed by atoms with E-state index in [4.69, 9.17) is 15.2 Å². The molecule has 0 bridgehead atoms. The number of carbonyl (C=O) groups is 1. The van der Waals surface area contributed by atoms with Gasteiger partial charge in [0.1, 0.15) is 6.04 Å². The smallest absolute Gasteiger partial charge is 0.245 e. The van der Waals surface area contributed by atoms with Crippen LogP contribution in [0.2, 0.25) is 0 Å². The summed E-state index contributed by atoms with van der Waals surface area (Å²) in [5, 5.41) is 2.81. The number of nitrogens with two attached hydrogens (primary N) is 1. The molecule has 2 rings (SSSR count). The van der Waals surface area contributed by atoms with Crippen molar-refractivity contribution in [1.29, 1.82) is 0 Å². The predicted molar refractivity (Wildman–Crippen MR) is 98.1 cm³/mol. The van der Waals surface area contributed by atoms with Gasteiger partial charge in [-0.15, -0.1) is 12.4 Å². The Balaban J connectivity index is 0.00000288. The van der Waals surface area contributed by atoms with Gasteiger partial charge in [-0.25, -0.2) is 0 Å². The molecule has 130 valence electrons. The van der Waals surface area contributed by atoms with Crippen molar-refractivity contribution in [2.75, 3.05) is 19.0 Å². The zero-order valence-corrected chi connectivity index (χ0v) is 14.9. The Morgan fingerprint density at radius 3 is 2.42 bits per heavy atom. The third-order valence-corrected chi connectivity index (χ3v) is 3.45. The minimum atomic E-state index is -0.728. The second kappa shape index (κ2) is 9.15. The van der Waals surface area contributed by atoms with Crippen molar-refractivity contribution in [2.45, 2.75) is 19.9 Å². The van der Waals surface area contributed by atoms with Gasteiger partial charge in [-0.1, -0.05) is 29.8 Å². The first-order valence-corrected chi connectivity index (χ1v) is 7.49. The molecule has 0 heterocycles. The maximum atomic E-state index is 12.3. The fourth-order valence-corrected chi connectivity index (χ4v) is 2.17. The summed E-state index contributed by atoms with van der Waals surface area (Å²) in [5.74, 6) is 0.922. The van der Waals surface area contributed by atoms with Crippen molar-refractivity contribution in [3.05, 3.63) is 53.6 Å². The number of nitrogens with one attached hydrogen (secondary N) is 1. The number of carbonyl (C=O) groups excluding carboxylic acids is 1. The zero-order chi connectivity index (χ0) is 16.8. The lowest BCUT2D eigenvalue weighted by Gasteiger charge is -2.15. The van der Waals surface area contributed by atoms with Crippen molar-refractivity contribution < 1.29 is 14.3 Å². The molecule has 0 spiro atoms. The van der Waals surface area contributed by atoms with Crippen molar-refractivity contribution in [1.82, 2.24) is 0 Å². The van der Waals surface area contributed by atoms with Gasteiger partial charge in [-0.2, -0.15) is 0 Å². The lowest BCUT2D eigenvalue weighted by Crippen LogP contribution is -2.27. The van der Waals surface area contributed by atoms with E-state index in [-0.39, 0.29) is 18.3 Å². The number of benzene rings is 2. The van der Waals surface area contributed by atoms with E-state index < -0.39 is 6.04 Å². The van der Waals surface area contributed by atoms with Gasteiger partial charge in [0, 0.05) is 11.8 Å². The van der Waals surface area contributed by atoms with E-state index in [0.717, 1.165) is 11.1 Å². The number of anilines is 1. The Morgan fingerprint density at radius 2 is 1.83 bits per heavy atom. The number of hydrogen-bond acceptors (Lipinski definition) is 4. The number of hydrogen-bond donors (Lipinski definition) is 2. The van der Waals surface area contributed by atoms with Crippen molar-refractivity contribution in [2.24, 2.45) is 5.73 Å². The zero-order valence-electron chi connectivity index (χ0n) is 14.0. The van der Waals surface area contributed by atoms with E-state index in [1.54, 1.807) is 25.3 Å². The molecule has 0 saturated carbocycles. The molecule has 5 nitrogen and oxygen atoms in total. The van der Waals surface area contributed by atoms with Gasteiger partial charge in [-0.3, -0.25) is 4.79 Å². The van der Waals surface area contributed by atoms with Gasteiger partial charge in [0.05, 0.1) is 13.7 Å². The lowest BCUT2D eigenvalue weighted by molar-refractivity contribution is -0.117. The molecule has 0 fully saturated rings. The first-order valence-electron chi connectivity index (χ1n) is 7.49. The second-order valence-electron chi connectivity index (χ2n) is 5.18. The van der Waals surface area contributed by atoms with Crippen LogP contribution in [0.3, 0.4) is 0 Å². The van der Waals surface area contributed by atoms with E-state index in [1.807, 2.05) is 38.1 Å². The van der Waals surface area contributed by atoms with Crippen LogP contribution in [0.15, 0.2) is 42.5 Å². The van der Waals surface area contributed by atoms with E-state index in [2.05, 4.69) is 5.32 Å². The monoisotopic (exact) mass is 350 g/mol. The Bertz CT molecular complexity index is 674. The predicted octanol–water partition coefficient (Wildman–Crippen LogP) is 3.46. The molecule has 3 N–H and O–H groups in total. The molecule has 6 heteroatoms. The highest BCUT2D eigenvalue weighted by Gasteiger charge is 2.16. The SMILES string of the molecule is CCOc1cc(NC(=O)C(N)c2ccc(C)cc2)ccc1OC.Cl. The number of halogens is 1. The highest BCUT2D eigenvalue weighted by Crippen LogP contribution is 2.30. The number of aryl methyl sites for hydroxylation is 1. The fourth-order valence-electron chi connectivity index (χ4n) is 2.17. The summed E-state index contributed by atoms with van der Waals surface area (Å²) in [7, 11) is 1.57. The van der Waals surface area contributed by atoms with Crippen LogP contribution in [0.1, 0.15) is 24.1 Å². The molecular formula is C18H23ClN2O3. The van der Waals surface area contributed by atoms with Crippen molar-refractivity contribution in [3.8, 4) is 11.5 Å². The van der Waals surface area contributed by atoms with E-state index in [0.29, 0.717) is 23.8 Å². The summed E-state index contributed by atoms with van der Waals surface area (Å²) >= 11 is 0. The number of amides is 1. The molecule has 1 atom stereocenters. The molecule has 0 radical (unpaired) electrons. The van der Waals surface area contributed by atoms with Crippen molar-refractivity contribution in [3.63, 3.8) is 0 Å². The van der Waals surface area contributed by atoms with Gasteiger partial charge in [0.2, 0.25) is 5.91 Å². The summed E-state index contributed by atoms with van der Waals surface area (Å²) in [6.07, 6.45) is 0. The van der Waals surface area contributed by atoms with Crippen LogP contribution in [0, 0.1) is 6.92 Å². The second-order valence-corrected chi connectivity index (χ2v) is 5.18.